The number of amides is 2. The third-order valence-corrected chi connectivity index (χ3v) is 2.62. The first-order chi connectivity index (χ1) is 7.50. The Morgan fingerprint density at radius 2 is 2.19 bits per heavy atom. The van der Waals surface area contributed by atoms with E-state index in [4.69, 9.17) is 5.11 Å². The molecule has 0 aromatic carbocycles. The molecule has 1 saturated heterocycles. The summed E-state index contributed by atoms with van der Waals surface area (Å²) < 4.78 is 0. The molecule has 1 aliphatic rings. The molecular formula is C10H16N2O4. The number of carbonyl (C=O) groups is 3. The minimum Gasteiger partial charge on any atom is -0.481 e. The topological polar surface area (TPSA) is 86.7 Å². The van der Waals surface area contributed by atoms with Gasteiger partial charge in [0.05, 0.1) is 12.6 Å². The van der Waals surface area contributed by atoms with Crippen molar-refractivity contribution in [2.24, 2.45) is 0 Å². The summed E-state index contributed by atoms with van der Waals surface area (Å²) in [5.41, 5.74) is 0. The van der Waals surface area contributed by atoms with E-state index in [-0.39, 0.29) is 30.8 Å². The van der Waals surface area contributed by atoms with Gasteiger partial charge in [-0.05, 0) is 26.3 Å². The lowest BCUT2D eigenvalue weighted by Crippen LogP contribution is -2.56. The standard InChI is InChI=1S/C10H16N2O4/c1-7-10(16)11-8(13)6-12(7)5-3-2-4-9(14)15/h7H,2-6H2,1H3,(H,14,15)(H,11,13,16). The van der Waals surface area contributed by atoms with Crippen LogP contribution >= 0.6 is 0 Å². The van der Waals surface area contributed by atoms with Crippen LogP contribution in [0.4, 0.5) is 0 Å². The average molecular weight is 228 g/mol. The molecule has 1 aliphatic heterocycles. The average Bonchev–Trinajstić information content (AvgIpc) is 2.19. The highest BCUT2D eigenvalue weighted by Gasteiger charge is 2.29. The molecule has 0 aromatic heterocycles. The number of hydrogen-bond donors (Lipinski definition) is 2. The summed E-state index contributed by atoms with van der Waals surface area (Å²) in [6.45, 7) is 2.52. The molecule has 0 radical (unpaired) electrons. The molecule has 1 fully saturated rings. The van der Waals surface area contributed by atoms with E-state index in [0.717, 1.165) is 0 Å². The second-order valence-corrected chi connectivity index (χ2v) is 3.91. The maximum absolute atomic E-state index is 11.3. The fourth-order valence-electron chi connectivity index (χ4n) is 1.63. The fourth-order valence-corrected chi connectivity index (χ4v) is 1.63. The zero-order valence-electron chi connectivity index (χ0n) is 9.23. The van der Waals surface area contributed by atoms with Gasteiger partial charge in [-0.25, -0.2) is 0 Å². The molecule has 1 heterocycles. The number of nitrogens with zero attached hydrogens (tertiary/aromatic N) is 1. The summed E-state index contributed by atoms with van der Waals surface area (Å²) in [4.78, 5) is 34.4. The third kappa shape index (κ3) is 3.62. The summed E-state index contributed by atoms with van der Waals surface area (Å²) in [5, 5.41) is 10.7. The molecule has 6 heteroatoms. The van der Waals surface area contributed by atoms with Crippen molar-refractivity contribution in [1.82, 2.24) is 10.2 Å². The van der Waals surface area contributed by atoms with Crippen molar-refractivity contribution in [3.63, 3.8) is 0 Å². The highest BCUT2D eigenvalue weighted by atomic mass is 16.4. The third-order valence-electron chi connectivity index (χ3n) is 2.62. The van der Waals surface area contributed by atoms with Gasteiger partial charge in [0.2, 0.25) is 11.8 Å². The molecule has 1 unspecified atom stereocenters. The van der Waals surface area contributed by atoms with Gasteiger partial charge in [-0.2, -0.15) is 0 Å². The number of unbranched alkanes of at least 4 members (excludes halogenated alkanes) is 1. The predicted octanol–water partition coefficient (Wildman–Crippen LogP) is -0.412. The molecule has 0 saturated carbocycles. The van der Waals surface area contributed by atoms with Crippen molar-refractivity contribution in [2.45, 2.75) is 32.2 Å². The molecule has 2 N–H and O–H groups in total. The summed E-state index contributed by atoms with van der Waals surface area (Å²) in [6.07, 6.45) is 1.37. The number of imide groups is 1. The van der Waals surface area contributed by atoms with Crippen LogP contribution in [0.2, 0.25) is 0 Å². The van der Waals surface area contributed by atoms with E-state index in [9.17, 15) is 14.4 Å². The SMILES string of the molecule is CC1C(=O)NC(=O)CN1CCCCC(=O)O. The summed E-state index contributed by atoms with van der Waals surface area (Å²) in [5.74, 6) is -1.39. The van der Waals surface area contributed by atoms with E-state index < -0.39 is 5.97 Å². The quantitative estimate of drug-likeness (QED) is 0.493. The van der Waals surface area contributed by atoms with Crippen molar-refractivity contribution in [3.8, 4) is 0 Å². The minimum atomic E-state index is -0.819. The number of carbonyl (C=O) groups excluding carboxylic acids is 2. The molecule has 2 amide bonds. The lowest BCUT2D eigenvalue weighted by molar-refractivity contribution is -0.140. The normalized spacial score (nSPS) is 21.9. The van der Waals surface area contributed by atoms with Crippen LogP contribution in [0.1, 0.15) is 26.2 Å². The maximum atomic E-state index is 11.3. The van der Waals surface area contributed by atoms with Crippen LogP contribution < -0.4 is 5.32 Å². The van der Waals surface area contributed by atoms with E-state index in [0.29, 0.717) is 19.4 Å². The van der Waals surface area contributed by atoms with E-state index >= 15 is 0 Å². The molecule has 0 aromatic rings. The van der Waals surface area contributed by atoms with Crippen LogP contribution in [0.5, 0.6) is 0 Å². The van der Waals surface area contributed by atoms with Gasteiger partial charge in [0.25, 0.3) is 0 Å². The van der Waals surface area contributed by atoms with Gasteiger partial charge in [-0.3, -0.25) is 24.6 Å². The molecule has 90 valence electrons. The second kappa shape index (κ2) is 5.60. The first-order valence-electron chi connectivity index (χ1n) is 5.30. The van der Waals surface area contributed by atoms with Crippen LogP contribution in [-0.2, 0) is 14.4 Å². The molecule has 1 atom stereocenters. The number of hydrogen-bond acceptors (Lipinski definition) is 4. The molecule has 0 spiro atoms. The highest BCUT2D eigenvalue weighted by Crippen LogP contribution is 2.07. The van der Waals surface area contributed by atoms with Crippen molar-refractivity contribution < 1.29 is 19.5 Å². The molecule has 16 heavy (non-hydrogen) atoms. The van der Waals surface area contributed by atoms with E-state index in [1.54, 1.807) is 11.8 Å². The molecule has 1 rings (SSSR count). The molecule has 6 nitrogen and oxygen atoms in total. The molecular weight excluding hydrogens is 212 g/mol. The summed E-state index contributed by atoms with van der Waals surface area (Å²) in [6, 6.07) is -0.317. The van der Waals surface area contributed by atoms with Crippen LogP contribution in [0.3, 0.4) is 0 Å². The van der Waals surface area contributed by atoms with Crippen molar-refractivity contribution >= 4 is 17.8 Å². The van der Waals surface area contributed by atoms with Gasteiger partial charge in [0.1, 0.15) is 0 Å². The highest BCUT2D eigenvalue weighted by molar-refractivity contribution is 6.00. The van der Waals surface area contributed by atoms with Gasteiger partial charge in [-0.1, -0.05) is 0 Å². The molecule has 0 aliphatic carbocycles. The Morgan fingerprint density at radius 3 is 2.81 bits per heavy atom. The maximum Gasteiger partial charge on any atom is 0.303 e. The van der Waals surface area contributed by atoms with Crippen LogP contribution in [0, 0.1) is 0 Å². The number of aliphatic carboxylic acids is 1. The van der Waals surface area contributed by atoms with Crippen molar-refractivity contribution in [2.75, 3.05) is 13.1 Å². The Kier molecular flexibility index (Phi) is 4.42. The van der Waals surface area contributed by atoms with Gasteiger partial charge >= 0.3 is 5.97 Å². The lowest BCUT2D eigenvalue weighted by Gasteiger charge is -2.31. The number of rotatable bonds is 5. The largest absolute Gasteiger partial charge is 0.481 e. The number of nitrogens with one attached hydrogen (secondary N) is 1. The Balaban J connectivity index is 2.32. The first kappa shape index (κ1) is 12.6. The predicted molar refractivity (Wildman–Crippen MR) is 55.7 cm³/mol. The van der Waals surface area contributed by atoms with E-state index in [1.807, 2.05) is 0 Å². The van der Waals surface area contributed by atoms with Gasteiger partial charge in [0.15, 0.2) is 0 Å². The monoisotopic (exact) mass is 228 g/mol. The van der Waals surface area contributed by atoms with E-state index in [1.165, 1.54) is 0 Å². The zero-order valence-corrected chi connectivity index (χ0v) is 9.23. The first-order valence-corrected chi connectivity index (χ1v) is 5.30. The van der Waals surface area contributed by atoms with E-state index in [2.05, 4.69) is 5.32 Å². The zero-order chi connectivity index (χ0) is 12.1. The van der Waals surface area contributed by atoms with Crippen LogP contribution in [0.15, 0.2) is 0 Å². The second-order valence-electron chi connectivity index (χ2n) is 3.91. The fraction of sp³-hybridized carbons (Fsp3) is 0.700. The van der Waals surface area contributed by atoms with Gasteiger partial charge in [-0.15, -0.1) is 0 Å². The van der Waals surface area contributed by atoms with Crippen molar-refractivity contribution in [1.29, 1.82) is 0 Å². The van der Waals surface area contributed by atoms with Gasteiger partial charge in [0, 0.05) is 6.42 Å². The van der Waals surface area contributed by atoms with Crippen LogP contribution in [-0.4, -0.2) is 46.9 Å². The van der Waals surface area contributed by atoms with Gasteiger partial charge < -0.3 is 5.11 Å². The smallest absolute Gasteiger partial charge is 0.303 e. The Labute approximate surface area is 93.6 Å². The number of carboxylic acid groups (broad SMARTS) is 1. The summed E-state index contributed by atoms with van der Waals surface area (Å²) >= 11 is 0. The number of carboxylic acids is 1. The van der Waals surface area contributed by atoms with Crippen molar-refractivity contribution in [3.05, 3.63) is 0 Å². The number of piperazine rings is 1. The Hall–Kier alpha value is -1.43. The lowest BCUT2D eigenvalue weighted by atomic mass is 10.1. The Morgan fingerprint density at radius 1 is 1.50 bits per heavy atom. The minimum absolute atomic E-state index is 0.127. The molecule has 0 bridgehead atoms. The Bertz CT molecular complexity index is 303. The summed E-state index contributed by atoms with van der Waals surface area (Å²) in [7, 11) is 0. The van der Waals surface area contributed by atoms with Crippen LogP contribution in [0.25, 0.3) is 0 Å².